The topological polar surface area (TPSA) is 62.1 Å². The lowest BCUT2D eigenvalue weighted by Crippen LogP contribution is -3.12. The number of carbonyl (C=O) groups excluding carboxylic acids is 3. The number of nitrogens with one attached hydrogen (secondary N) is 1. The van der Waals surface area contributed by atoms with E-state index in [1.807, 2.05) is 0 Å². The summed E-state index contributed by atoms with van der Waals surface area (Å²) in [5.41, 5.74) is 0.768. The molecule has 0 saturated carbocycles. The van der Waals surface area contributed by atoms with E-state index in [9.17, 15) is 14.4 Å². The van der Waals surface area contributed by atoms with Crippen LogP contribution in [0.3, 0.4) is 0 Å². The lowest BCUT2D eigenvalue weighted by atomic mass is 10.1. The minimum atomic E-state index is -0.759. The first kappa shape index (κ1) is 14.7. The Labute approximate surface area is 129 Å². The van der Waals surface area contributed by atoms with Crippen molar-refractivity contribution in [2.24, 2.45) is 0 Å². The minimum Gasteiger partial charge on any atom is -0.334 e. The molecule has 0 spiro atoms. The summed E-state index contributed by atoms with van der Waals surface area (Å²) in [5.74, 6) is -0.899. The molecule has 2 aliphatic heterocycles. The van der Waals surface area contributed by atoms with Crippen molar-refractivity contribution in [1.29, 1.82) is 0 Å². The number of piperazine rings is 1. The van der Waals surface area contributed by atoms with Gasteiger partial charge in [-0.25, -0.2) is 0 Å². The molecule has 1 aromatic rings. The molecule has 1 fully saturated rings. The molecule has 6 nitrogen and oxygen atoms in total. The van der Waals surface area contributed by atoms with Crippen LogP contribution in [0, 0.1) is 0 Å². The number of benzene rings is 1. The fraction of sp³-hybridized carbons (Fsp3) is 0.438. The van der Waals surface area contributed by atoms with Crippen molar-refractivity contribution in [3.63, 3.8) is 0 Å². The second kappa shape index (κ2) is 5.53. The van der Waals surface area contributed by atoms with Crippen LogP contribution in [-0.4, -0.2) is 66.8 Å². The van der Waals surface area contributed by atoms with E-state index >= 15 is 0 Å². The number of carbonyl (C=O) groups is 3. The molecule has 3 amide bonds. The highest BCUT2D eigenvalue weighted by atomic mass is 16.2. The number of hydrogen-bond acceptors (Lipinski definition) is 3. The van der Waals surface area contributed by atoms with E-state index in [0.29, 0.717) is 24.2 Å². The van der Waals surface area contributed by atoms with Crippen molar-refractivity contribution in [3.8, 4) is 0 Å². The molecular formula is C16H20N3O3+. The molecule has 1 unspecified atom stereocenters. The van der Waals surface area contributed by atoms with Gasteiger partial charge in [-0.05, 0) is 19.1 Å². The third-order valence-corrected chi connectivity index (χ3v) is 4.50. The van der Waals surface area contributed by atoms with Crippen LogP contribution in [0.5, 0.6) is 0 Å². The maximum atomic E-state index is 12.6. The molecular weight excluding hydrogens is 282 g/mol. The second-order valence-electron chi connectivity index (χ2n) is 5.98. The number of likely N-dealkylation sites (N-methyl/N-ethyl adjacent to an activating group) is 1. The quantitative estimate of drug-likeness (QED) is 0.715. The normalized spacial score (nSPS) is 20.3. The zero-order valence-electron chi connectivity index (χ0n) is 12.8. The van der Waals surface area contributed by atoms with Gasteiger partial charge in [0.05, 0.1) is 44.4 Å². The molecule has 6 heteroatoms. The van der Waals surface area contributed by atoms with Gasteiger partial charge in [-0.1, -0.05) is 12.1 Å². The van der Waals surface area contributed by atoms with E-state index in [2.05, 4.69) is 7.05 Å². The molecule has 1 saturated heterocycles. The smallest absolute Gasteiger partial charge is 0.262 e. The van der Waals surface area contributed by atoms with Crippen molar-refractivity contribution < 1.29 is 19.3 Å². The molecule has 1 N–H and O–H groups in total. The van der Waals surface area contributed by atoms with Gasteiger partial charge in [0.25, 0.3) is 11.8 Å². The van der Waals surface area contributed by atoms with Crippen molar-refractivity contribution in [1.82, 2.24) is 9.80 Å². The monoisotopic (exact) mass is 302 g/mol. The molecule has 0 aliphatic carbocycles. The molecule has 1 aromatic carbocycles. The summed E-state index contributed by atoms with van der Waals surface area (Å²) in [6.07, 6.45) is 0. The molecule has 0 radical (unpaired) electrons. The zero-order valence-corrected chi connectivity index (χ0v) is 12.8. The number of fused-ring (bicyclic) bond motifs is 1. The zero-order chi connectivity index (χ0) is 15.9. The Morgan fingerprint density at radius 1 is 1.09 bits per heavy atom. The predicted octanol–water partition coefficient (Wildman–Crippen LogP) is -0.972. The summed E-state index contributed by atoms with van der Waals surface area (Å²) in [6, 6.07) is 5.95. The van der Waals surface area contributed by atoms with Gasteiger partial charge in [0.1, 0.15) is 6.04 Å². The summed E-state index contributed by atoms with van der Waals surface area (Å²) < 4.78 is 0. The van der Waals surface area contributed by atoms with Crippen LogP contribution in [-0.2, 0) is 4.79 Å². The van der Waals surface area contributed by atoms with Crippen molar-refractivity contribution in [2.75, 3.05) is 33.2 Å². The maximum Gasteiger partial charge on any atom is 0.262 e. The molecule has 2 aliphatic rings. The number of hydrogen-bond donors (Lipinski definition) is 1. The number of nitrogens with zero attached hydrogens (tertiary/aromatic N) is 2. The molecule has 2 heterocycles. The van der Waals surface area contributed by atoms with Gasteiger partial charge >= 0.3 is 0 Å². The SMILES string of the molecule is CC(C(=O)N1CC[NH+](C)CC1)N1C(=O)c2ccccc2C1=O. The first-order chi connectivity index (χ1) is 10.5. The summed E-state index contributed by atoms with van der Waals surface area (Å²) in [5, 5.41) is 0. The van der Waals surface area contributed by atoms with Crippen molar-refractivity contribution in [3.05, 3.63) is 35.4 Å². The van der Waals surface area contributed by atoms with Crippen LogP contribution in [0.25, 0.3) is 0 Å². The van der Waals surface area contributed by atoms with Crippen LogP contribution in [0.15, 0.2) is 24.3 Å². The van der Waals surface area contributed by atoms with Crippen LogP contribution in [0.2, 0.25) is 0 Å². The molecule has 3 rings (SSSR count). The standard InChI is InChI=1S/C16H19N3O3/c1-11(14(20)18-9-7-17(2)8-10-18)19-15(21)12-5-3-4-6-13(12)16(19)22/h3-6,11H,7-10H2,1-2H3/p+1. The van der Waals surface area contributed by atoms with E-state index in [4.69, 9.17) is 0 Å². The summed E-state index contributed by atoms with van der Waals surface area (Å²) in [7, 11) is 2.09. The molecule has 22 heavy (non-hydrogen) atoms. The van der Waals surface area contributed by atoms with Crippen molar-refractivity contribution >= 4 is 17.7 Å². The highest BCUT2D eigenvalue weighted by Gasteiger charge is 2.42. The molecule has 0 aromatic heterocycles. The average molecular weight is 302 g/mol. The fourth-order valence-corrected chi connectivity index (χ4v) is 3.04. The molecule has 1 atom stereocenters. The first-order valence-electron chi connectivity index (χ1n) is 7.57. The van der Waals surface area contributed by atoms with Crippen LogP contribution < -0.4 is 4.90 Å². The van der Waals surface area contributed by atoms with Gasteiger partial charge in [0.2, 0.25) is 5.91 Å². The summed E-state index contributed by atoms with van der Waals surface area (Å²) >= 11 is 0. The van der Waals surface area contributed by atoms with E-state index in [-0.39, 0.29) is 17.7 Å². The van der Waals surface area contributed by atoms with Gasteiger partial charge in [-0.2, -0.15) is 0 Å². The fourth-order valence-electron chi connectivity index (χ4n) is 3.04. The van der Waals surface area contributed by atoms with Crippen molar-refractivity contribution in [2.45, 2.75) is 13.0 Å². The Morgan fingerprint density at radius 2 is 1.59 bits per heavy atom. The number of imide groups is 1. The highest BCUT2D eigenvalue weighted by molar-refractivity contribution is 6.22. The van der Waals surface area contributed by atoms with E-state index in [0.717, 1.165) is 18.0 Å². The van der Waals surface area contributed by atoms with Gasteiger partial charge in [-0.3, -0.25) is 19.3 Å². The third kappa shape index (κ3) is 2.29. The maximum absolute atomic E-state index is 12.6. The first-order valence-corrected chi connectivity index (χ1v) is 7.57. The van der Waals surface area contributed by atoms with E-state index < -0.39 is 6.04 Å². The Morgan fingerprint density at radius 3 is 2.09 bits per heavy atom. The van der Waals surface area contributed by atoms with Gasteiger partial charge < -0.3 is 9.80 Å². The summed E-state index contributed by atoms with van der Waals surface area (Å²) in [4.78, 5) is 41.7. The summed E-state index contributed by atoms with van der Waals surface area (Å²) in [6.45, 7) is 4.74. The van der Waals surface area contributed by atoms with Gasteiger partial charge in [0.15, 0.2) is 0 Å². The van der Waals surface area contributed by atoms with Crippen LogP contribution >= 0.6 is 0 Å². The predicted molar refractivity (Wildman–Crippen MR) is 79.6 cm³/mol. The van der Waals surface area contributed by atoms with Gasteiger partial charge in [0, 0.05) is 0 Å². The molecule has 0 bridgehead atoms. The number of rotatable bonds is 2. The largest absolute Gasteiger partial charge is 0.334 e. The van der Waals surface area contributed by atoms with E-state index in [1.165, 1.54) is 4.90 Å². The second-order valence-corrected chi connectivity index (χ2v) is 5.98. The van der Waals surface area contributed by atoms with Crippen LogP contribution in [0.4, 0.5) is 0 Å². The Balaban J connectivity index is 1.79. The Bertz CT molecular complexity index is 600. The molecule has 116 valence electrons. The minimum absolute atomic E-state index is 0.151. The number of quaternary nitrogens is 1. The Hall–Kier alpha value is -2.21. The average Bonchev–Trinajstić information content (AvgIpc) is 2.79. The Kier molecular flexibility index (Phi) is 3.70. The van der Waals surface area contributed by atoms with Gasteiger partial charge in [-0.15, -0.1) is 0 Å². The lowest BCUT2D eigenvalue weighted by molar-refractivity contribution is -0.883. The number of amides is 3. The highest BCUT2D eigenvalue weighted by Crippen LogP contribution is 2.25. The lowest BCUT2D eigenvalue weighted by Gasteiger charge is -2.33. The van der Waals surface area contributed by atoms with Crippen LogP contribution in [0.1, 0.15) is 27.6 Å². The third-order valence-electron chi connectivity index (χ3n) is 4.50. The van der Waals surface area contributed by atoms with E-state index in [1.54, 1.807) is 36.1 Å².